The van der Waals surface area contributed by atoms with E-state index in [-0.39, 0.29) is 0 Å². The lowest BCUT2D eigenvalue weighted by molar-refractivity contribution is 0.471. The van der Waals surface area contributed by atoms with Crippen LogP contribution in [-0.4, -0.2) is 18.2 Å². The summed E-state index contributed by atoms with van der Waals surface area (Å²) in [6.45, 7) is 10.3. The van der Waals surface area contributed by atoms with E-state index in [0.29, 0.717) is 5.75 Å². The minimum atomic E-state index is 0.387. The molecule has 0 bridgehead atoms. The van der Waals surface area contributed by atoms with Crippen LogP contribution in [0.5, 0.6) is 5.75 Å². The van der Waals surface area contributed by atoms with Gasteiger partial charge in [-0.3, -0.25) is 0 Å². The van der Waals surface area contributed by atoms with Gasteiger partial charge in [0.2, 0.25) is 0 Å². The van der Waals surface area contributed by atoms with Crippen molar-refractivity contribution >= 4 is 5.69 Å². The molecule has 0 aromatic heterocycles. The SMILES string of the molecule is CCN(CC)c1c(C)ccc(O)c1C. The summed E-state index contributed by atoms with van der Waals surface area (Å²) in [6, 6.07) is 3.73. The van der Waals surface area contributed by atoms with Gasteiger partial charge in [-0.2, -0.15) is 0 Å². The first-order chi connectivity index (χ1) is 6.61. The van der Waals surface area contributed by atoms with Gasteiger partial charge in [0.05, 0.1) is 0 Å². The molecule has 0 atom stereocenters. The summed E-state index contributed by atoms with van der Waals surface area (Å²) in [4.78, 5) is 2.27. The number of phenols is 1. The lowest BCUT2D eigenvalue weighted by Gasteiger charge is -2.25. The van der Waals surface area contributed by atoms with E-state index in [4.69, 9.17) is 0 Å². The van der Waals surface area contributed by atoms with Crippen molar-refractivity contribution in [1.29, 1.82) is 0 Å². The first kappa shape index (κ1) is 10.9. The predicted molar refractivity (Wildman–Crippen MR) is 61.1 cm³/mol. The maximum atomic E-state index is 9.64. The Morgan fingerprint density at radius 1 is 1.14 bits per heavy atom. The van der Waals surface area contributed by atoms with E-state index >= 15 is 0 Å². The Kier molecular flexibility index (Phi) is 3.39. The second kappa shape index (κ2) is 4.36. The van der Waals surface area contributed by atoms with Gasteiger partial charge in [0.25, 0.3) is 0 Å². The van der Waals surface area contributed by atoms with Crippen molar-refractivity contribution < 1.29 is 5.11 Å². The lowest BCUT2D eigenvalue weighted by Crippen LogP contribution is -2.23. The molecular weight excluding hydrogens is 174 g/mol. The minimum absolute atomic E-state index is 0.387. The van der Waals surface area contributed by atoms with E-state index in [1.54, 1.807) is 6.07 Å². The highest BCUT2D eigenvalue weighted by molar-refractivity contribution is 5.63. The summed E-state index contributed by atoms with van der Waals surface area (Å²) in [5.74, 6) is 0.387. The maximum Gasteiger partial charge on any atom is 0.120 e. The second-order valence-corrected chi connectivity index (χ2v) is 3.55. The average molecular weight is 193 g/mol. The number of phenolic OH excluding ortho intramolecular Hbond substituents is 1. The van der Waals surface area contributed by atoms with Crippen molar-refractivity contribution in [1.82, 2.24) is 0 Å². The van der Waals surface area contributed by atoms with Crippen LogP contribution < -0.4 is 4.90 Å². The summed E-state index contributed by atoms with van der Waals surface area (Å²) >= 11 is 0. The van der Waals surface area contributed by atoms with Crippen molar-refractivity contribution in [2.24, 2.45) is 0 Å². The molecule has 0 saturated carbocycles. The molecule has 1 aromatic carbocycles. The summed E-state index contributed by atoms with van der Waals surface area (Å²) in [7, 11) is 0. The smallest absolute Gasteiger partial charge is 0.120 e. The van der Waals surface area contributed by atoms with E-state index in [1.165, 1.54) is 11.3 Å². The molecule has 0 spiro atoms. The monoisotopic (exact) mass is 193 g/mol. The Bertz CT molecular complexity index is 316. The van der Waals surface area contributed by atoms with Gasteiger partial charge in [0.1, 0.15) is 5.75 Å². The van der Waals surface area contributed by atoms with Gasteiger partial charge in [0, 0.05) is 24.3 Å². The highest BCUT2D eigenvalue weighted by Gasteiger charge is 2.11. The van der Waals surface area contributed by atoms with Gasteiger partial charge < -0.3 is 10.0 Å². The van der Waals surface area contributed by atoms with E-state index in [1.807, 2.05) is 13.0 Å². The van der Waals surface area contributed by atoms with Crippen LogP contribution in [0.1, 0.15) is 25.0 Å². The Labute approximate surface area is 86.2 Å². The number of anilines is 1. The van der Waals surface area contributed by atoms with E-state index in [0.717, 1.165) is 18.7 Å². The molecule has 2 nitrogen and oxygen atoms in total. The molecule has 1 rings (SSSR count). The van der Waals surface area contributed by atoms with Crippen molar-refractivity contribution in [2.75, 3.05) is 18.0 Å². The van der Waals surface area contributed by atoms with Gasteiger partial charge in [0.15, 0.2) is 0 Å². The van der Waals surface area contributed by atoms with Crippen LogP contribution in [0.15, 0.2) is 12.1 Å². The molecule has 0 saturated heterocycles. The first-order valence-corrected chi connectivity index (χ1v) is 5.15. The molecular formula is C12H19NO. The van der Waals surface area contributed by atoms with Crippen molar-refractivity contribution in [3.63, 3.8) is 0 Å². The van der Waals surface area contributed by atoms with E-state index in [9.17, 15) is 5.11 Å². The Morgan fingerprint density at radius 2 is 1.71 bits per heavy atom. The fraction of sp³-hybridized carbons (Fsp3) is 0.500. The van der Waals surface area contributed by atoms with E-state index < -0.39 is 0 Å². The van der Waals surface area contributed by atoms with Gasteiger partial charge in [-0.05, 0) is 39.3 Å². The van der Waals surface area contributed by atoms with Crippen LogP contribution >= 0.6 is 0 Å². The van der Waals surface area contributed by atoms with Gasteiger partial charge >= 0.3 is 0 Å². The van der Waals surface area contributed by atoms with Crippen LogP contribution in [0, 0.1) is 13.8 Å². The fourth-order valence-electron chi connectivity index (χ4n) is 1.85. The number of hydrogen-bond acceptors (Lipinski definition) is 2. The van der Waals surface area contributed by atoms with Crippen LogP contribution in [0.2, 0.25) is 0 Å². The molecule has 0 aliphatic rings. The third-order valence-corrected chi connectivity index (χ3v) is 2.68. The molecule has 14 heavy (non-hydrogen) atoms. The Hall–Kier alpha value is -1.18. The quantitative estimate of drug-likeness (QED) is 0.798. The molecule has 0 aliphatic heterocycles. The van der Waals surface area contributed by atoms with Crippen LogP contribution in [0.4, 0.5) is 5.69 Å². The van der Waals surface area contributed by atoms with Crippen LogP contribution in [0.25, 0.3) is 0 Å². The predicted octanol–water partition coefficient (Wildman–Crippen LogP) is 2.86. The van der Waals surface area contributed by atoms with Gasteiger partial charge in [-0.25, -0.2) is 0 Å². The Morgan fingerprint density at radius 3 is 2.21 bits per heavy atom. The summed E-state index contributed by atoms with van der Waals surface area (Å²) in [6.07, 6.45) is 0. The third kappa shape index (κ3) is 1.84. The minimum Gasteiger partial charge on any atom is -0.508 e. The Balaban J connectivity index is 3.23. The highest BCUT2D eigenvalue weighted by atomic mass is 16.3. The zero-order valence-corrected chi connectivity index (χ0v) is 9.46. The lowest BCUT2D eigenvalue weighted by atomic mass is 10.1. The van der Waals surface area contributed by atoms with Crippen molar-refractivity contribution in [3.8, 4) is 5.75 Å². The number of hydrogen-bond donors (Lipinski definition) is 1. The van der Waals surface area contributed by atoms with Gasteiger partial charge in [-0.15, -0.1) is 0 Å². The number of aromatic hydroxyl groups is 1. The largest absolute Gasteiger partial charge is 0.508 e. The summed E-state index contributed by atoms with van der Waals surface area (Å²) < 4.78 is 0. The zero-order valence-electron chi connectivity index (χ0n) is 9.46. The van der Waals surface area contributed by atoms with Crippen LogP contribution in [0.3, 0.4) is 0 Å². The molecule has 1 N–H and O–H groups in total. The molecule has 1 aromatic rings. The summed E-state index contributed by atoms with van der Waals surface area (Å²) in [5.41, 5.74) is 3.38. The normalized spacial score (nSPS) is 10.3. The van der Waals surface area contributed by atoms with E-state index in [2.05, 4.69) is 25.7 Å². The standard InChI is InChI=1S/C12H19NO/c1-5-13(6-2)12-9(3)7-8-11(14)10(12)4/h7-8,14H,5-6H2,1-4H3. The number of aryl methyl sites for hydroxylation is 1. The summed E-state index contributed by atoms with van der Waals surface area (Å²) in [5, 5.41) is 9.64. The topological polar surface area (TPSA) is 23.5 Å². The fourth-order valence-corrected chi connectivity index (χ4v) is 1.85. The third-order valence-electron chi connectivity index (χ3n) is 2.68. The molecule has 2 heteroatoms. The highest BCUT2D eigenvalue weighted by Crippen LogP contribution is 2.30. The molecule has 0 unspecified atom stereocenters. The van der Waals surface area contributed by atoms with Gasteiger partial charge in [-0.1, -0.05) is 6.07 Å². The molecule has 0 aliphatic carbocycles. The number of rotatable bonds is 3. The average Bonchev–Trinajstić information content (AvgIpc) is 2.19. The zero-order chi connectivity index (χ0) is 10.7. The first-order valence-electron chi connectivity index (χ1n) is 5.15. The molecule has 0 heterocycles. The second-order valence-electron chi connectivity index (χ2n) is 3.55. The molecule has 0 radical (unpaired) electrons. The molecule has 0 amide bonds. The number of benzene rings is 1. The molecule has 78 valence electrons. The van der Waals surface area contributed by atoms with Crippen LogP contribution in [-0.2, 0) is 0 Å². The molecule has 0 fully saturated rings. The van der Waals surface area contributed by atoms with Crippen molar-refractivity contribution in [3.05, 3.63) is 23.3 Å². The maximum absolute atomic E-state index is 9.64. The van der Waals surface area contributed by atoms with Crippen molar-refractivity contribution in [2.45, 2.75) is 27.7 Å². The number of nitrogens with zero attached hydrogens (tertiary/aromatic N) is 1.